The highest BCUT2D eigenvalue weighted by atomic mass is 19.2. The lowest BCUT2D eigenvalue weighted by molar-refractivity contribution is -0.145. The molecule has 0 saturated heterocycles. The number of halogens is 4. The van der Waals surface area contributed by atoms with Gasteiger partial charge in [0, 0.05) is 7.05 Å². The van der Waals surface area contributed by atoms with Crippen LogP contribution in [0.15, 0.2) is 0 Å². The summed E-state index contributed by atoms with van der Waals surface area (Å²) < 4.78 is 58.6. The van der Waals surface area contributed by atoms with E-state index < -0.39 is 47.1 Å². The summed E-state index contributed by atoms with van der Waals surface area (Å²) >= 11 is 0. The van der Waals surface area contributed by atoms with Gasteiger partial charge in [-0.05, 0) is 12.8 Å². The predicted octanol–water partition coefficient (Wildman–Crippen LogP) is 2.66. The van der Waals surface area contributed by atoms with E-state index in [2.05, 4.69) is 4.98 Å². The summed E-state index contributed by atoms with van der Waals surface area (Å²) in [6.45, 7) is 4.87. The van der Waals surface area contributed by atoms with Gasteiger partial charge in [0.2, 0.25) is 11.6 Å². The molecule has 1 aromatic heterocycles. The third-order valence-electron chi connectivity index (χ3n) is 2.90. The van der Waals surface area contributed by atoms with Gasteiger partial charge in [-0.3, -0.25) is 0 Å². The molecular weight excluding hydrogens is 292 g/mol. The Bertz CT molecular complexity index is 511. The van der Waals surface area contributed by atoms with E-state index in [0.29, 0.717) is 0 Å². The average Bonchev–Trinajstić information content (AvgIpc) is 2.36. The second-order valence-electron chi connectivity index (χ2n) is 4.72. The summed E-state index contributed by atoms with van der Waals surface area (Å²) in [5.41, 5.74) is -0.994. The molecule has 1 rings (SSSR count). The lowest BCUT2D eigenvalue weighted by Gasteiger charge is -2.31. The molecule has 118 valence electrons. The molecule has 0 fully saturated rings. The van der Waals surface area contributed by atoms with E-state index in [9.17, 15) is 22.4 Å². The molecule has 0 amide bonds. The molecule has 0 saturated carbocycles. The highest BCUT2D eigenvalue weighted by molar-refractivity contribution is 5.80. The summed E-state index contributed by atoms with van der Waals surface area (Å²) in [4.78, 5) is 15.2. The zero-order valence-electron chi connectivity index (χ0n) is 12.1. The van der Waals surface area contributed by atoms with Crippen LogP contribution in [0.3, 0.4) is 0 Å². The second-order valence-corrected chi connectivity index (χ2v) is 4.72. The quantitative estimate of drug-likeness (QED) is 0.476. The lowest BCUT2D eigenvalue weighted by atomic mass is 10.0. The van der Waals surface area contributed by atoms with Gasteiger partial charge in [0.15, 0.2) is 0 Å². The molecule has 0 aromatic carbocycles. The van der Waals surface area contributed by atoms with Crippen LogP contribution in [0.2, 0.25) is 0 Å². The predicted molar refractivity (Wildman–Crippen MR) is 67.7 cm³/mol. The van der Waals surface area contributed by atoms with Crippen LogP contribution in [0.25, 0.3) is 0 Å². The Kier molecular flexibility index (Phi) is 5.51. The number of anilines is 1. The average molecular weight is 308 g/mol. The van der Waals surface area contributed by atoms with Crippen molar-refractivity contribution in [3.8, 4) is 0 Å². The van der Waals surface area contributed by atoms with Crippen molar-refractivity contribution in [2.45, 2.75) is 26.8 Å². The third-order valence-corrected chi connectivity index (χ3v) is 2.90. The fraction of sp³-hybridized carbons (Fsp3) is 0.538. The van der Waals surface area contributed by atoms with Crippen LogP contribution < -0.4 is 4.90 Å². The minimum Gasteiger partial charge on any atom is -0.464 e. The van der Waals surface area contributed by atoms with E-state index in [1.807, 2.05) is 0 Å². The monoisotopic (exact) mass is 308 g/mol. The van der Waals surface area contributed by atoms with Crippen LogP contribution >= 0.6 is 0 Å². The molecular formula is C13H16F4N2O2. The molecule has 21 heavy (non-hydrogen) atoms. The number of hydrogen-bond acceptors (Lipinski definition) is 4. The van der Waals surface area contributed by atoms with Gasteiger partial charge < -0.3 is 9.64 Å². The number of nitrogens with zero attached hydrogens (tertiary/aromatic N) is 2. The van der Waals surface area contributed by atoms with Crippen molar-refractivity contribution < 1.29 is 27.1 Å². The maximum atomic E-state index is 13.7. The van der Waals surface area contributed by atoms with Crippen LogP contribution in [-0.4, -0.2) is 30.6 Å². The Balaban J connectivity index is 3.34. The maximum Gasteiger partial charge on any atom is 0.329 e. The number of hydrogen-bond donors (Lipinski definition) is 0. The van der Waals surface area contributed by atoms with Gasteiger partial charge in [-0.1, -0.05) is 13.8 Å². The number of aromatic nitrogens is 1. The summed E-state index contributed by atoms with van der Waals surface area (Å²) in [5.74, 6) is -8.03. The maximum absolute atomic E-state index is 13.7. The number of ether oxygens (including phenoxy) is 1. The SMILES string of the molecule is CCOC(=O)C(C(C)C)N(C)c1c(F)c(F)nc(F)c1F. The Labute approximate surface area is 119 Å². The fourth-order valence-corrected chi connectivity index (χ4v) is 2.03. The first-order valence-electron chi connectivity index (χ1n) is 6.31. The fourth-order valence-electron chi connectivity index (χ4n) is 2.03. The van der Waals surface area contributed by atoms with Crippen molar-refractivity contribution in [1.29, 1.82) is 0 Å². The van der Waals surface area contributed by atoms with Crippen molar-refractivity contribution in [3.05, 3.63) is 23.5 Å². The van der Waals surface area contributed by atoms with E-state index in [4.69, 9.17) is 4.74 Å². The molecule has 8 heteroatoms. The largest absolute Gasteiger partial charge is 0.464 e. The zero-order chi connectivity index (χ0) is 16.3. The van der Waals surface area contributed by atoms with Crippen LogP contribution in [0, 0.1) is 29.4 Å². The normalized spacial score (nSPS) is 12.4. The van der Waals surface area contributed by atoms with E-state index in [-0.39, 0.29) is 6.61 Å². The van der Waals surface area contributed by atoms with Crippen molar-refractivity contribution in [1.82, 2.24) is 4.98 Å². The number of carbonyl (C=O) groups excluding carboxylic acids is 1. The molecule has 0 spiro atoms. The first-order chi connectivity index (χ1) is 9.72. The first-order valence-corrected chi connectivity index (χ1v) is 6.31. The first kappa shape index (κ1) is 17.2. The van der Waals surface area contributed by atoms with Crippen LogP contribution in [-0.2, 0) is 9.53 Å². The van der Waals surface area contributed by atoms with E-state index in [1.54, 1.807) is 20.8 Å². The molecule has 1 atom stereocenters. The van der Waals surface area contributed by atoms with Gasteiger partial charge in [-0.15, -0.1) is 0 Å². The van der Waals surface area contributed by atoms with Gasteiger partial charge in [0.1, 0.15) is 11.7 Å². The molecule has 0 N–H and O–H groups in total. The highest BCUT2D eigenvalue weighted by Gasteiger charge is 2.33. The summed E-state index contributed by atoms with van der Waals surface area (Å²) in [6, 6.07) is -1.10. The van der Waals surface area contributed by atoms with Crippen LogP contribution in [0.5, 0.6) is 0 Å². The highest BCUT2D eigenvalue weighted by Crippen LogP contribution is 2.28. The van der Waals surface area contributed by atoms with E-state index in [1.165, 1.54) is 0 Å². The van der Waals surface area contributed by atoms with Crippen LogP contribution in [0.4, 0.5) is 23.2 Å². The Hall–Kier alpha value is -1.86. The molecule has 0 aliphatic rings. The second kappa shape index (κ2) is 6.73. The smallest absolute Gasteiger partial charge is 0.329 e. The Morgan fingerprint density at radius 1 is 1.19 bits per heavy atom. The van der Waals surface area contributed by atoms with Gasteiger partial charge in [-0.25, -0.2) is 4.79 Å². The lowest BCUT2D eigenvalue weighted by Crippen LogP contribution is -2.44. The number of pyridine rings is 1. The van der Waals surface area contributed by atoms with Gasteiger partial charge in [0.05, 0.1) is 6.61 Å². The molecule has 1 aromatic rings. The number of likely N-dealkylation sites (N-methyl/N-ethyl adjacent to an activating group) is 1. The molecule has 0 radical (unpaired) electrons. The van der Waals surface area contributed by atoms with Crippen molar-refractivity contribution in [3.63, 3.8) is 0 Å². The molecule has 4 nitrogen and oxygen atoms in total. The van der Waals surface area contributed by atoms with Crippen molar-refractivity contribution in [2.24, 2.45) is 5.92 Å². The van der Waals surface area contributed by atoms with E-state index >= 15 is 0 Å². The zero-order valence-corrected chi connectivity index (χ0v) is 12.1. The molecule has 0 aliphatic carbocycles. The van der Waals surface area contributed by atoms with Gasteiger partial charge >= 0.3 is 5.97 Å². The number of rotatable bonds is 5. The molecule has 0 aliphatic heterocycles. The van der Waals surface area contributed by atoms with E-state index in [0.717, 1.165) is 11.9 Å². The van der Waals surface area contributed by atoms with Crippen molar-refractivity contribution >= 4 is 11.7 Å². The van der Waals surface area contributed by atoms with Crippen molar-refractivity contribution in [2.75, 3.05) is 18.6 Å². The minimum absolute atomic E-state index is 0.0694. The minimum atomic E-state index is -1.78. The Morgan fingerprint density at radius 2 is 1.67 bits per heavy atom. The Morgan fingerprint density at radius 3 is 2.05 bits per heavy atom. The molecule has 0 bridgehead atoms. The van der Waals surface area contributed by atoms with Gasteiger partial charge in [-0.2, -0.15) is 22.5 Å². The summed E-state index contributed by atoms with van der Waals surface area (Å²) in [5, 5.41) is 0. The summed E-state index contributed by atoms with van der Waals surface area (Å²) in [7, 11) is 1.15. The van der Waals surface area contributed by atoms with Crippen LogP contribution in [0.1, 0.15) is 20.8 Å². The number of carbonyl (C=O) groups is 1. The molecule has 1 heterocycles. The topological polar surface area (TPSA) is 42.4 Å². The number of esters is 1. The van der Waals surface area contributed by atoms with Gasteiger partial charge in [0.25, 0.3) is 11.9 Å². The summed E-state index contributed by atoms with van der Waals surface area (Å²) in [6.07, 6.45) is 0. The third kappa shape index (κ3) is 3.43. The standard InChI is InChI=1S/C13H16F4N2O2/c1-5-21-13(20)9(6(2)3)19(4)10-7(14)11(16)18-12(17)8(10)15/h6,9H,5H2,1-4H3. The molecule has 1 unspecified atom stereocenters.